The Kier molecular flexibility index (Phi) is 5.81. The van der Waals surface area contributed by atoms with Crippen LogP contribution in [0.4, 0.5) is 10.1 Å². The van der Waals surface area contributed by atoms with E-state index in [-0.39, 0.29) is 11.7 Å². The molecule has 8 heteroatoms. The van der Waals surface area contributed by atoms with Crippen LogP contribution < -0.4 is 5.32 Å². The molecule has 0 atom stereocenters. The molecule has 2 heterocycles. The second-order valence-electron chi connectivity index (χ2n) is 6.97. The molecule has 0 bridgehead atoms. The highest BCUT2D eigenvalue weighted by Gasteiger charge is 2.19. The van der Waals surface area contributed by atoms with Crippen LogP contribution in [0.25, 0.3) is 16.2 Å². The molecule has 0 aliphatic heterocycles. The summed E-state index contributed by atoms with van der Waals surface area (Å²) in [5, 5.41) is 2.83. The predicted octanol–water partition coefficient (Wildman–Crippen LogP) is 5.33. The molecule has 1 amide bonds. The van der Waals surface area contributed by atoms with E-state index < -0.39 is 5.97 Å². The molecule has 0 unspecified atom stereocenters. The van der Waals surface area contributed by atoms with Crippen LogP contribution in [0.2, 0.25) is 0 Å². The molecule has 6 nitrogen and oxygen atoms in total. The molecule has 4 rings (SSSR count). The minimum Gasteiger partial charge on any atom is -0.462 e. The molecular weight excluding hydrogens is 417 g/mol. The second-order valence-corrected chi connectivity index (χ2v) is 7.95. The fourth-order valence-electron chi connectivity index (χ4n) is 3.11. The van der Waals surface area contributed by atoms with Crippen molar-refractivity contribution in [2.75, 3.05) is 11.9 Å². The van der Waals surface area contributed by atoms with Gasteiger partial charge in [0, 0.05) is 23.1 Å². The topological polar surface area (TPSA) is 72.7 Å². The highest BCUT2D eigenvalue weighted by molar-refractivity contribution is 7.19. The highest BCUT2D eigenvalue weighted by atomic mass is 32.1. The minimum absolute atomic E-state index is 0.282. The second kappa shape index (κ2) is 8.69. The van der Waals surface area contributed by atoms with Crippen LogP contribution in [0.15, 0.2) is 54.7 Å². The quantitative estimate of drug-likeness (QED) is 0.414. The highest BCUT2D eigenvalue weighted by Crippen LogP contribution is 2.28. The summed E-state index contributed by atoms with van der Waals surface area (Å²) in [5.74, 6) is -1.00. The standard InChI is InChI=1S/C23H20FN3O3S/c1-3-11-30-22(29)16-5-4-6-18(12-16)25-21(28)20-14(2)27-13-19(26-23(27)31-20)15-7-9-17(24)10-8-15/h4-10,12-13H,3,11H2,1-2H3,(H,25,28). The number of carbonyl (C=O) groups excluding carboxylic acids is 2. The fourth-order valence-corrected chi connectivity index (χ4v) is 4.11. The van der Waals surface area contributed by atoms with Gasteiger partial charge in [-0.3, -0.25) is 9.20 Å². The number of nitrogens with zero attached hydrogens (tertiary/aromatic N) is 2. The molecule has 0 radical (unpaired) electrons. The van der Waals surface area contributed by atoms with Crippen LogP contribution in [-0.2, 0) is 4.74 Å². The van der Waals surface area contributed by atoms with E-state index in [9.17, 15) is 14.0 Å². The third-order valence-corrected chi connectivity index (χ3v) is 5.85. The van der Waals surface area contributed by atoms with E-state index in [2.05, 4.69) is 10.3 Å². The molecule has 158 valence electrons. The van der Waals surface area contributed by atoms with Crippen molar-refractivity contribution < 1.29 is 18.7 Å². The summed E-state index contributed by atoms with van der Waals surface area (Å²) in [6, 6.07) is 12.8. The normalized spacial score (nSPS) is 10.9. The number of anilines is 1. The first-order valence-electron chi connectivity index (χ1n) is 9.79. The van der Waals surface area contributed by atoms with E-state index in [1.807, 2.05) is 24.4 Å². The number of thiazole rings is 1. The van der Waals surface area contributed by atoms with Gasteiger partial charge in [-0.2, -0.15) is 0 Å². The number of hydrogen-bond acceptors (Lipinski definition) is 5. The number of halogens is 1. The number of aryl methyl sites for hydroxylation is 1. The van der Waals surface area contributed by atoms with E-state index in [0.717, 1.165) is 17.7 Å². The van der Waals surface area contributed by atoms with Crippen LogP contribution in [0.1, 0.15) is 39.1 Å². The summed E-state index contributed by atoms with van der Waals surface area (Å²) >= 11 is 1.27. The number of ether oxygens (including phenoxy) is 1. The number of carbonyl (C=O) groups is 2. The van der Waals surface area contributed by atoms with Gasteiger partial charge in [0.1, 0.15) is 10.7 Å². The number of nitrogens with one attached hydrogen (secondary N) is 1. The van der Waals surface area contributed by atoms with Crippen LogP contribution in [0, 0.1) is 12.7 Å². The number of imidazole rings is 1. The lowest BCUT2D eigenvalue weighted by atomic mass is 10.2. The first kappa shape index (κ1) is 20.7. The van der Waals surface area contributed by atoms with Crippen molar-refractivity contribution in [3.8, 4) is 11.3 Å². The zero-order valence-electron chi connectivity index (χ0n) is 17.0. The largest absolute Gasteiger partial charge is 0.462 e. The average Bonchev–Trinajstić information content (AvgIpc) is 3.32. The van der Waals surface area contributed by atoms with Gasteiger partial charge >= 0.3 is 5.97 Å². The summed E-state index contributed by atoms with van der Waals surface area (Å²) < 4.78 is 20.1. The number of fused-ring (bicyclic) bond motifs is 1. The molecule has 2 aromatic carbocycles. The molecule has 0 aliphatic rings. The summed E-state index contributed by atoms with van der Waals surface area (Å²) in [5.41, 5.74) is 3.15. The van der Waals surface area contributed by atoms with Gasteiger partial charge in [0.15, 0.2) is 4.96 Å². The van der Waals surface area contributed by atoms with Gasteiger partial charge in [-0.1, -0.05) is 24.3 Å². The van der Waals surface area contributed by atoms with Gasteiger partial charge < -0.3 is 10.1 Å². The zero-order chi connectivity index (χ0) is 22.0. The summed E-state index contributed by atoms with van der Waals surface area (Å²) in [6.45, 7) is 4.11. The van der Waals surface area contributed by atoms with Gasteiger partial charge in [-0.25, -0.2) is 14.2 Å². The maximum Gasteiger partial charge on any atom is 0.338 e. The third-order valence-electron chi connectivity index (χ3n) is 4.70. The first-order chi connectivity index (χ1) is 15.0. The van der Waals surface area contributed by atoms with Gasteiger partial charge in [0.2, 0.25) is 0 Å². The Balaban J connectivity index is 1.54. The Morgan fingerprint density at radius 1 is 1.19 bits per heavy atom. The molecule has 0 saturated heterocycles. The van der Waals surface area contributed by atoms with Crippen molar-refractivity contribution in [2.45, 2.75) is 20.3 Å². The Bertz CT molecular complexity index is 1260. The lowest BCUT2D eigenvalue weighted by molar-refractivity contribution is 0.0505. The maximum absolute atomic E-state index is 13.2. The van der Waals surface area contributed by atoms with Crippen molar-refractivity contribution in [3.05, 3.63) is 76.7 Å². The van der Waals surface area contributed by atoms with Crippen LogP contribution in [-0.4, -0.2) is 27.9 Å². The molecule has 31 heavy (non-hydrogen) atoms. The number of esters is 1. The monoisotopic (exact) mass is 437 g/mol. The lowest BCUT2D eigenvalue weighted by Gasteiger charge is -2.07. The molecule has 4 aromatic rings. The van der Waals surface area contributed by atoms with Crippen molar-refractivity contribution >= 4 is 33.9 Å². The van der Waals surface area contributed by atoms with Gasteiger partial charge in [0.05, 0.1) is 17.9 Å². The maximum atomic E-state index is 13.2. The molecule has 2 aromatic heterocycles. The Labute approximate surface area is 182 Å². The van der Waals surface area contributed by atoms with E-state index in [0.29, 0.717) is 33.4 Å². The van der Waals surface area contributed by atoms with E-state index >= 15 is 0 Å². The Morgan fingerprint density at radius 3 is 2.68 bits per heavy atom. The Morgan fingerprint density at radius 2 is 1.97 bits per heavy atom. The van der Waals surface area contributed by atoms with Crippen molar-refractivity contribution in [3.63, 3.8) is 0 Å². The minimum atomic E-state index is -0.419. The number of rotatable bonds is 6. The number of aromatic nitrogens is 2. The van der Waals surface area contributed by atoms with Crippen LogP contribution >= 0.6 is 11.3 Å². The van der Waals surface area contributed by atoms with Crippen molar-refractivity contribution in [1.82, 2.24) is 9.38 Å². The predicted molar refractivity (Wildman–Crippen MR) is 118 cm³/mol. The van der Waals surface area contributed by atoms with E-state index in [1.165, 1.54) is 23.5 Å². The lowest BCUT2D eigenvalue weighted by Crippen LogP contribution is -2.13. The van der Waals surface area contributed by atoms with Gasteiger partial charge in [-0.15, -0.1) is 0 Å². The molecular formula is C23H20FN3O3S. The Hall–Kier alpha value is -3.52. The van der Waals surface area contributed by atoms with Crippen LogP contribution in [0.3, 0.4) is 0 Å². The van der Waals surface area contributed by atoms with Crippen molar-refractivity contribution in [2.24, 2.45) is 0 Å². The first-order valence-corrected chi connectivity index (χ1v) is 10.6. The molecule has 0 saturated carbocycles. The summed E-state index contributed by atoms with van der Waals surface area (Å²) in [4.78, 5) is 30.7. The fraction of sp³-hybridized carbons (Fsp3) is 0.174. The van der Waals surface area contributed by atoms with E-state index in [1.54, 1.807) is 36.4 Å². The third kappa shape index (κ3) is 4.34. The smallest absolute Gasteiger partial charge is 0.338 e. The van der Waals surface area contributed by atoms with Crippen molar-refractivity contribution in [1.29, 1.82) is 0 Å². The molecule has 1 N–H and O–H groups in total. The van der Waals surface area contributed by atoms with E-state index in [4.69, 9.17) is 4.74 Å². The molecule has 0 spiro atoms. The van der Waals surface area contributed by atoms with Crippen LogP contribution in [0.5, 0.6) is 0 Å². The molecule has 0 aliphatic carbocycles. The molecule has 0 fully saturated rings. The number of hydrogen-bond donors (Lipinski definition) is 1. The number of amides is 1. The van der Waals surface area contributed by atoms with Gasteiger partial charge in [-0.05, 0) is 55.8 Å². The average molecular weight is 437 g/mol. The summed E-state index contributed by atoms with van der Waals surface area (Å²) in [6.07, 6.45) is 2.57. The van der Waals surface area contributed by atoms with Gasteiger partial charge in [0.25, 0.3) is 5.91 Å². The number of benzene rings is 2. The summed E-state index contributed by atoms with van der Waals surface area (Å²) in [7, 11) is 0. The zero-order valence-corrected chi connectivity index (χ0v) is 17.8. The SMILES string of the molecule is CCCOC(=O)c1cccc(NC(=O)c2sc3nc(-c4ccc(F)cc4)cn3c2C)c1.